The first-order valence-electron chi connectivity index (χ1n) is 40.9. The van der Waals surface area contributed by atoms with Crippen molar-refractivity contribution < 1.29 is 42.1 Å². The standard InChI is InChI=1S/C81H160NO8P/c1-6-8-10-12-14-16-18-20-22-24-26-28-30-32-34-36-37-38-39-40-41-42-43-44-46-47-49-51-53-55-57-59-61-63-65-67-69-71-73-80(83)87-77-79(78-89-91(85,86)88-76-75-82(3,4)5)90-81(84)74-72-70-68-66-64-62-60-58-56-54-52-50-48-45-35-33-31-29-27-25-23-21-19-17-15-13-11-9-7-2/h25,27,79H,6-24,26,28-78H2,1-5H3/p+1/b27-25-. The van der Waals surface area contributed by atoms with Crippen molar-refractivity contribution in [3.8, 4) is 0 Å². The van der Waals surface area contributed by atoms with Crippen molar-refractivity contribution in [3.63, 3.8) is 0 Å². The van der Waals surface area contributed by atoms with Gasteiger partial charge >= 0.3 is 19.8 Å². The van der Waals surface area contributed by atoms with Crippen molar-refractivity contribution in [2.45, 2.75) is 450 Å². The van der Waals surface area contributed by atoms with Crippen molar-refractivity contribution >= 4 is 19.8 Å². The van der Waals surface area contributed by atoms with Gasteiger partial charge in [-0.2, -0.15) is 0 Å². The molecule has 2 atom stereocenters. The minimum atomic E-state index is -4.39. The first-order valence-corrected chi connectivity index (χ1v) is 42.4. The number of carbonyl (C=O) groups excluding carboxylic acids is 2. The van der Waals surface area contributed by atoms with Crippen LogP contribution in [0.15, 0.2) is 12.2 Å². The molecule has 91 heavy (non-hydrogen) atoms. The van der Waals surface area contributed by atoms with Gasteiger partial charge in [0.05, 0.1) is 27.7 Å². The van der Waals surface area contributed by atoms with Crippen molar-refractivity contribution in [2.75, 3.05) is 47.5 Å². The molecule has 542 valence electrons. The first kappa shape index (κ1) is 89.8. The molecule has 0 aromatic carbocycles. The van der Waals surface area contributed by atoms with Gasteiger partial charge in [-0.3, -0.25) is 18.6 Å². The number of likely N-dealkylation sites (N-methyl/N-ethyl adjacent to an activating group) is 1. The molecule has 0 aliphatic heterocycles. The molecule has 0 bridgehead atoms. The van der Waals surface area contributed by atoms with Crippen LogP contribution in [-0.4, -0.2) is 74.9 Å². The monoisotopic (exact) mass is 1310 g/mol. The fourth-order valence-corrected chi connectivity index (χ4v) is 13.5. The lowest BCUT2D eigenvalue weighted by Crippen LogP contribution is -2.37. The van der Waals surface area contributed by atoms with E-state index in [1.165, 1.54) is 379 Å². The minimum absolute atomic E-state index is 0.0366. The molecule has 0 amide bonds. The van der Waals surface area contributed by atoms with E-state index in [0.717, 1.165) is 38.5 Å². The molecule has 0 aliphatic rings. The van der Waals surface area contributed by atoms with Gasteiger partial charge in [0.15, 0.2) is 6.10 Å². The van der Waals surface area contributed by atoms with E-state index in [-0.39, 0.29) is 25.6 Å². The number of hydrogen-bond donors (Lipinski definition) is 1. The Morgan fingerprint density at radius 1 is 0.330 bits per heavy atom. The number of allylic oxidation sites excluding steroid dienone is 2. The van der Waals surface area contributed by atoms with Crippen LogP contribution in [0.4, 0.5) is 0 Å². The predicted octanol–water partition coefficient (Wildman–Crippen LogP) is 27.0. The summed E-state index contributed by atoms with van der Waals surface area (Å²) in [6, 6.07) is 0. The molecule has 0 spiro atoms. The Bertz CT molecular complexity index is 1540. The maximum Gasteiger partial charge on any atom is 0.472 e. The highest BCUT2D eigenvalue weighted by atomic mass is 31.2. The minimum Gasteiger partial charge on any atom is -0.462 e. The molecular weight excluding hydrogens is 1150 g/mol. The second-order valence-corrected chi connectivity index (χ2v) is 31.0. The Hall–Kier alpha value is -1.25. The quantitative estimate of drug-likeness (QED) is 0.0211. The van der Waals surface area contributed by atoms with Gasteiger partial charge in [-0.15, -0.1) is 0 Å². The molecule has 10 heteroatoms. The van der Waals surface area contributed by atoms with Gasteiger partial charge < -0.3 is 18.9 Å². The lowest BCUT2D eigenvalue weighted by Gasteiger charge is -2.24. The highest BCUT2D eigenvalue weighted by Gasteiger charge is 2.27. The number of phosphoric acid groups is 1. The normalized spacial score (nSPS) is 13.0. The van der Waals surface area contributed by atoms with E-state index in [2.05, 4.69) is 26.0 Å². The average Bonchev–Trinajstić information content (AvgIpc) is 3.74. The van der Waals surface area contributed by atoms with Crippen LogP contribution in [-0.2, 0) is 32.7 Å². The number of hydrogen-bond acceptors (Lipinski definition) is 7. The second kappa shape index (κ2) is 73.0. The van der Waals surface area contributed by atoms with Crippen molar-refractivity contribution in [2.24, 2.45) is 0 Å². The maximum absolute atomic E-state index is 12.9. The van der Waals surface area contributed by atoms with Crippen molar-refractivity contribution in [1.29, 1.82) is 0 Å². The number of quaternary nitrogens is 1. The van der Waals surface area contributed by atoms with Crippen LogP contribution in [0.25, 0.3) is 0 Å². The topological polar surface area (TPSA) is 108 Å². The lowest BCUT2D eigenvalue weighted by atomic mass is 10.0. The summed E-state index contributed by atoms with van der Waals surface area (Å²) in [4.78, 5) is 36.0. The van der Waals surface area contributed by atoms with Crippen LogP contribution in [0.3, 0.4) is 0 Å². The summed E-state index contributed by atoms with van der Waals surface area (Å²) in [6.45, 7) is 4.53. The molecule has 9 nitrogen and oxygen atoms in total. The number of unbranched alkanes of at least 4 members (excludes halogenated alkanes) is 62. The van der Waals surface area contributed by atoms with Crippen molar-refractivity contribution in [3.05, 3.63) is 12.2 Å². The molecule has 0 rings (SSSR count). The summed E-state index contributed by atoms with van der Waals surface area (Å²) in [5, 5.41) is 0. The predicted molar refractivity (Wildman–Crippen MR) is 395 cm³/mol. The molecule has 0 fully saturated rings. The molecule has 0 saturated heterocycles. The Kier molecular flexibility index (Phi) is 72.0. The third-order valence-electron chi connectivity index (χ3n) is 19.0. The Balaban J connectivity index is 3.87. The molecule has 1 N–H and O–H groups in total. The number of nitrogens with zero attached hydrogens (tertiary/aromatic N) is 1. The van der Waals surface area contributed by atoms with Crippen LogP contribution in [0.5, 0.6) is 0 Å². The Morgan fingerprint density at radius 3 is 0.813 bits per heavy atom. The maximum atomic E-state index is 12.9. The summed E-state index contributed by atoms with van der Waals surface area (Å²) in [5.41, 5.74) is 0. The Labute approximate surface area is 568 Å². The van der Waals surface area contributed by atoms with Crippen molar-refractivity contribution in [1.82, 2.24) is 0 Å². The summed E-state index contributed by atoms with van der Waals surface area (Å²) in [7, 11) is 1.51. The summed E-state index contributed by atoms with van der Waals surface area (Å²) in [6.07, 6.45) is 92.4. The van der Waals surface area contributed by atoms with E-state index in [9.17, 15) is 19.0 Å². The molecule has 0 aromatic heterocycles. The van der Waals surface area contributed by atoms with Gasteiger partial charge in [-0.25, -0.2) is 4.57 Å². The zero-order valence-electron chi connectivity index (χ0n) is 62.1. The van der Waals surface area contributed by atoms with Gasteiger partial charge in [0.1, 0.15) is 19.8 Å². The van der Waals surface area contributed by atoms with E-state index >= 15 is 0 Å². The smallest absolute Gasteiger partial charge is 0.462 e. The molecular formula is C81H161NO8P+. The molecule has 0 radical (unpaired) electrons. The van der Waals surface area contributed by atoms with E-state index in [0.29, 0.717) is 17.4 Å². The molecule has 0 aliphatic carbocycles. The third kappa shape index (κ3) is 77.6. The van der Waals surface area contributed by atoms with E-state index in [1.54, 1.807) is 0 Å². The van der Waals surface area contributed by atoms with Gasteiger partial charge in [0.2, 0.25) is 0 Å². The van der Waals surface area contributed by atoms with Crippen LogP contribution in [0.1, 0.15) is 444 Å². The van der Waals surface area contributed by atoms with E-state index < -0.39 is 26.5 Å². The summed E-state index contributed by atoms with van der Waals surface area (Å²) >= 11 is 0. The number of esters is 2. The fourth-order valence-electron chi connectivity index (χ4n) is 12.8. The number of ether oxygens (including phenoxy) is 2. The zero-order valence-corrected chi connectivity index (χ0v) is 63.0. The van der Waals surface area contributed by atoms with Gasteiger partial charge in [-0.05, 0) is 38.5 Å². The van der Waals surface area contributed by atoms with Crippen LogP contribution >= 0.6 is 7.82 Å². The van der Waals surface area contributed by atoms with E-state index in [1.807, 2.05) is 21.1 Å². The second-order valence-electron chi connectivity index (χ2n) is 29.5. The summed E-state index contributed by atoms with van der Waals surface area (Å²) in [5.74, 6) is -0.767. The van der Waals surface area contributed by atoms with Crippen LogP contribution in [0.2, 0.25) is 0 Å². The fraction of sp³-hybridized carbons (Fsp3) is 0.951. The van der Waals surface area contributed by atoms with E-state index in [4.69, 9.17) is 18.5 Å². The SMILES string of the molecule is CCCCCCCCCC/C=C\CCCCCCCCCCCCCCCCCCCC(=O)OC(COC(=O)CCCCCCCCCCCCCCCCCCCCCCCCCCCCCCCCCCCCCCCC)COP(=O)(O)OCC[N+](C)(C)C. The first-order chi connectivity index (χ1) is 44.5. The number of carbonyl (C=O) groups is 2. The van der Waals surface area contributed by atoms with Crippen LogP contribution < -0.4 is 0 Å². The highest BCUT2D eigenvalue weighted by Crippen LogP contribution is 2.43. The molecule has 0 aromatic rings. The highest BCUT2D eigenvalue weighted by molar-refractivity contribution is 7.47. The summed E-state index contributed by atoms with van der Waals surface area (Å²) < 4.78 is 34.8. The molecule has 2 unspecified atom stereocenters. The number of phosphoric ester groups is 1. The third-order valence-corrected chi connectivity index (χ3v) is 20.0. The Morgan fingerprint density at radius 2 is 0.560 bits per heavy atom. The van der Waals surface area contributed by atoms with Gasteiger partial charge in [-0.1, -0.05) is 405 Å². The van der Waals surface area contributed by atoms with Gasteiger partial charge in [0.25, 0.3) is 0 Å². The molecule has 0 heterocycles. The lowest BCUT2D eigenvalue weighted by molar-refractivity contribution is -0.870. The van der Waals surface area contributed by atoms with Crippen LogP contribution in [0, 0.1) is 0 Å². The zero-order chi connectivity index (χ0) is 66.2. The largest absolute Gasteiger partial charge is 0.472 e. The average molecular weight is 1310 g/mol. The molecule has 0 saturated carbocycles. The number of rotatable bonds is 78. The van der Waals surface area contributed by atoms with Gasteiger partial charge in [0, 0.05) is 12.8 Å².